The van der Waals surface area contributed by atoms with Gasteiger partial charge in [0, 0.05) is 31.5 Å². The molecule has 1 unspecified atom stereocenters. The maximum absolute atomic E-state index is 12.7. The third kappa shape index (κ3) is 4.18. The van der Waals surface area contributed by atoms with Crippen molar-refractivity contribution in [2.45, 2.75) is 51.4 Å². The van der Waals surface area contributed by atoms with E-state index in [9.17, 15) is 9.59 Å². The van der Waals surface area contributed by atoms with E-state index in [4.69, 9.17) is 9.15 Å². The van der Waals surface area contributed by atoms with Crippen LogP contribution >= 0.6 is 0 Å². The summed E-state index contributed by atoms with van der Waals surface area (Å²) < 4.78 is 10.9. The van der Waals surface area contributed by atoms with Crippen LogP contribution in [0.4, 0.5) is 0 Å². The molecule has 2 N–H and O–H groups in total. The molecule has 1 atom stereocenters. The van der Waals surface area contributed by atoms with Crippen LogP contribution in [0.1, 0.15) is 66.1 Å². The summed E-state index contributed by atoms with van der Waals surface area (Å²) >= 11 is 0. The van der Waals surface area contributed by atoms with Gasteiger partial charge < -0.3 is 19.8 Å². The van der Waals surface area contributed by atoms with Gasteiger partial charge in [0.25, 0.3) is 5.91 Å². The SMILES string of the molecule is COCC1(CNC(=O)c2c(C)cc(C3CCCNC3)oc2=O)CCCC1. The van der Waals surface area contributed by atoms with E-state index in [1.54, 1.807) is 7.11 Å². The molecule has 1 aliphatic carbocycles. The van der Waals surface area contributed by atoms with Crippen LogP contribution in [-0.2, 0) is 4.74 Å². The molecular formula is C20H30N2O4. The lowest BCUT2D eigenvalue weighted by Crippen LogP contribution is -2.40. The molecule has 0 bridgehead atoms. The average Bonchev–Trinajstić information content (AvgIpc) is 3.09. The number of carbonyl (C=O) groups excluding carboxylic acids is 1. The topological polar surface area (TPSA) is 80.6 Å². The van der Waals surface area contributed by atoms with Gasteiger partial charge in [-0.1, -0.05) is 12.8 Å². The van der Waals surface area contributed by atoms with Gasteiger partial charge in [-0.2, -0.15) is 0 Å². The van der Waals surface area contributed by atoms with Crippen LogP contribution in [-0.4, -0.2) is 39.3 Å². The maximum Gasteiger partial charge on any atom is 0.349 e. The molecule has 144 valence electrons. The molecule has 26 heavy (non-hydrogen) atoms. The number of hydrogen-bond donors (Lipinski definition) is 2. The highest BCUT2D eigenvalue weighted by Gasteiger charge is 2.34. The predicted octanol–water partition coefficient (Wildman–Crippen LogP) is 2.35. The number of rotatable bonds is 6. The molecule has 0 radical (unpaired) electrons. The van der Waals surface area contributed by atoms with Gasteiger partial charge in [-0.05, 0) is 50.8 Å². The molecular weight excluding hydrogens is 332 g/mol. The normalized spacial score (nSPS) is 22.3. The first-order chi connectivity index (χ1) is 12.5. The van der Waals surface area contributed by atoms with E-state index in [-0.39, 0.29) is 22.8 Å². The number of hydrogen-bond acceptors (Lipinski definition) is 5. The van der Waals surface area contributed by atoms with Crippen LogP contribution < -0.4 is 16.3 Å². The lowest BCUT2D eigenvalue weighted by atomic mass is 9.87. The van der Waals surface area contributed by atoms with Crippen LogP contribution in [0, 0.1) is 12.3 Å². The third-order valence-corrected chi connectivity index (χ3v) is 5.83. The lowest BCUT2D eigenvalue weighted by molar-refractivity contribution is 0.0738. The van der Waals surface area contributed by atoms with E-state index in [0.717, 1.165) is 51.6 Å². The quantitative estimate of drug-likeness (QED) is 0.812. The van der Waals surface area contributed by atoms with E-state index in [2.05, 4.69) is 10.6 Å². The number of amides is 1. The van der Waals surface area contributed by atoms with Crippen molar-refractivity contribution in [1.82, 2.24) is 10.6 Å². The van der Waals surface area contributed by atoms with Crippen molar-refractivity contribution in [3.05, 3.63) is 33.4 Å². The Kier molecular flexibility index (Phi) is 6.14. The zero-order valence-electron chi connectivity index (χ0n) is 15.9. The molecule has 1 aromatic rings. The Bertz CT molecular complexity index is 686. The number of nitrogens with one attached hydrogen (secondary N) is 2. The van der Waals surface area contributed by atoms with Gasteiger partial charge in [0.15, 0.2) is 0 Å². The molecule has 2 fully saturated rings. The van der Waals surface area contributed by atoms with Crippen LogP contribution in [0.2, 0.25) is 0 Å². The third-order valence-electron chi connectivity index (χ3n) is 5.83. The first-order valence-corrected chi connectivity index (χ1v) is 9.67. The van der Waals surface area contributed by atoms with Crippen molar-refractivity contribution < 1.29 is 13.9 Å². The smallest absolute Gasteiger partial charge is 0.349 e. The van der Waals surface area contributed by atoms with Crippen molar-refractivity contribution in [2.75, 3.05) is 33.4 Å². The van der Waals surface area contributed by atoms with Gasteiger partial charge in [-0.25, -0.2) is 4.79 Å². The second kappa shape index (κ2) is 8.35. The van der Waals surface area contributed by atoms with E-state index >= 15 is 0 Å². The molecule has 1 saturated heterocycles. The standard InChI is InChI=1S/C20H30N2O4/c1-14-10-16(15-6-5-9-21-11-15)26-19(24)17(14)18(23)22-12-20(13-25-2)7-3-4-8-20/h10,15,21H,3-9,11-13H2,1-2H3,(H,22,23). The van der Waals surface area contributed by atoms with Crippen molar-refractivity contribution in [3.8, 4) is 0 Å². The fraction of sp³-hybridized carbons (Fsp3) is 0.700. The largest absolute Gasteiger partial charge is 0.427 e. The number of carbonyl (C=O) groups is 1. The zero-order valence-corrected chi connectivity index (χ0v) is 15.9. The van der Waals surface area contributed by atoms with Gasteiger partial charge in [-0.3, -0.25) is 4.79 Å². The summed E-state index contributed by atoms with van der Waals surface area (Å²) in [6.45, 7) is 4.80. The molecule has 1 aliphatic heterocycles. The Morgan fingerprint density at radius 2 is 2.15 bits per heavy atom. The van der Waals surface area contributed by atoms with Crippen LogP contribution in [0.25, 0.3) is 0 Å². The minimum absolute atomic E-state index is 0.00773. The summed E-state index contributed by atoms with van der Waals surface area (Å²) in [6, 6.07) is 1.86. The highest BCUT2D eigenvalue weighted by molar-refractivity contribution is 5.95. The van der Waals surface area contributed by atoms with Crippen LogP contribution in [0.15, 0.2) is 15.3 Å². The lowest BCUT2D eigenvalue weighted by Gasteiger charge is -2.28. The first kappa shape index (κ1) is 19.1. The second-order valence-electron chi connectivity index (χ2n) is 7.86. The first-order valence-electron chi connectivity index (χ1n) is 9.67. The summed E-state index contributed by atoms with van der Waals surface area (Å²) in [7, 11) is 1.69. The fourth-order valence-corrected chi connectivity index (χ4v) is 4.36. The second-order valence-corrected chi connectivity index (χ2v) is 7.86. The molecule has 1 aromatic heterocycles. The fourth-order valence-electron chi connectivity index (χ4n) is 4.36. The molecule has 2 aliphatic rings. The van der Waals surface area contributed by atoms with E-state index in [1.165, 1.54) is 0 Å². The molecule has 0 spiro atoms. The Labute approximate surface area is 154 Å². The van der Waals surface area contributed by atoms with Gasteiger partial charge in [0.05, 0.1) is 6.61 Å². The van der Waals surface area contributed by atoms with E-state index in [1.807, 2.05) is 13.0 Å². The zero-order chi connectivity index (χ0) is 18.6. The number of ether oxygens (including phenoxy) is 1. The van der Waals surface area contributed by atoms with E-state index in [0.29, 0.717) is 24.5 Å². The summed E-state index contributed by atoms with van der Waals surface area (Å²) in [5, 5.41) is 6.28. The van der Waals surface area contributed by atoms with Crippen molar-refractivity contribution in [2.24, 2.45) is 5.41 Å². The van der Waals surface area contributed by atoms with Gasteiger partial charge in [0.1, 0.15) is 11.3 Å². The molecule has 1 amide bonds. The van der Waals surface area contributed by atoms with Gasteiger partial charge in [0.2, 0.25) is 0 Å². The van der Waals surface area contributed by atoms with Crippen molar-refractivity contribution >= 4 is 5.91 Å². The number of methoxy groups -OCH3 is 1. The number of aryl methyl sites for hydroxylation is 1. The highest BCUT2D eigenvalue weighted by atomic mass is 16.5. The molecule has 6 nitrogen and oxygen atoms in total. The minimum atomic E-state index is -0.532. The van der Waals surface area contributed by atoms with Crippen molar-refractivity contribution in [3.63, 3.8) is 0 Å². The minimum Gasteiger partial charge on any atom is -0.427 e. The van der Waals surface area contributed by atoms with Crippen LogP contribution in [0.3, 0.4) is 0 Å². The molecule has 0 aromatic carbocycles. The van der Waals surface area contributed by atoms with Gasteiger partial charge in [-0.15, -0.1) is 0 Å². The molecule has 6 heteroatoms. The van der Waals surface area contributed by atoms with Crippen molar-refractivity contribution in [1.29, 1.82) is 0 Å². The highest BCUT2D eigenvalue weighted by Crippen LogP contribution is 2.37. The summed E-state index contributed by atoms with van der Waals surface area (Å²) in [5.41, 5.74) is 0.275. The monoisotopic (exact) mass is 362 g/mol. The number of piperidine rings is 1. The van der Waals surface area contributed by atoms with E-state index < -0.39 is 5.63 Å². The Hall–Kier alpha value is -1.66. The summed E-state index contributed by atoms with van der Waals surface area (Å²) in [6.07, 6.45) is 6.47. The average molecular weight is 362 g/mol. The Morgan fingerprint density at radius 1 is 1.38 bits per heavy atom. The summed E-state index contributed by atoms with van der Waals surface area (Å²) in [5.74, 6) is 0.547. The molecule has 2 heterocycles. The predicted molar refractivity (Wildman–Crippen MR) is 99.7 cm³/mol. The Balaban J connectivity index is 1.71. The summed E-state index contributed by atoms with van der Waals surface area (Å²) in [4.78, 5) is 25.1. The molecule has 3 rings (SSSR count). The Morgan fingerprint density at radius 3 is 2.77 bits per heavy atom. The maximum atomic E-state index is 12.7. The van der Waals surface area contributed by atoms with Gasteiger partial charge >= 0.3 is 5.63 Å². The molecule has 1 saturated carbocycles. The van der Waals surface area contributed by atoms with Crippen LogP contribution in [0.5, 0.6) is 0 Å².